The topological polar surface area (TPSA) is 116 Å². The fourth-order valence-electron chi connectivity index (χ4n) is 3.72. The Bertz CT molecular complexity index is 1200. The van der Waals surface area contributed by atoms with E-state index >= 15 is 0 Å². The van der Waals surface area contributed by atoms with Crippen molar-refractivity contribution in [2.24, 2.45) is 0 Å². The number of carbonyl (C=O) groups is 2. The number of alkyl halides is 6. The number of rotatable bonds is 7. The van der Waals surface area contributed by atoms with E-state index in [0.29, 0.717) is 12.1 Å². The number of piperidine rings is 1. The number of ether oxygens (including phenoxy) is 3. The maximum Gasteiger partial charge on any atom is 0.522 e. The van der Waals surface area contributed by atoms with Gasteiger partial charge in [-0.25, -0.2) is 9.18 Å². The summed E-state index contributed by atoms with van der Waals surface area (Å²) in [4.78, 5) is 26.8. The van der Waals surface area contributed by atoms with E-state index in [0.717, 1.165) is 6.07 Å². The number of hydrogen-bond acceptors (Lipinski definition) is 8. The summed E-state index contributed by atoms with van der Waals surface area (Å²) in [6.45, 7) is 3.29. The van der Waals surface area contributed by atoms with Crippen LogP contribution in [-0.2, 0) is 15.7 Å². The first-order valence-corrected chi connectivity index (χ1v) is 11.8. The summed E-state index contributed by atoms with van der Waals surface area (Å²) in [7, 11) is 0. The minimum absolute atomic E-state index is 0.118. The predicted octanol–water partition coefficient (Wildman–Crippen LogP) is 5.01. The highest BCUT2D eigenvalue weighted by Gasteiger charge is 2.39. The molecule has 1 fully saturated rings. The Hall–Kier alpha value is -3.63. The summed E-state index contributed by atoms with van der Waals surface area (Å²) in [5.74, 6) is -2.60. The predicted molar refractivity (Wildman–Crippen MR) is 119 cm³/mol. The second-order valence-electron chi connectivity index (χ2n) is 9.64. The SMILES string of the molecule is CC(C)(C)OC(=O)N1C[C@@H](NC(=O)c2ccc(C(F)(F)F)c(F)c2)CC[C@@H]1c1nnc(OCCOC(F)(F)F)o1. The number of likely N-dealkylation sites (tertiary alicyclic amines) is 1. The van der Waals surface area contributed by atoms with Crippen molar-refractivity contribution in [3.05, 3.63) is 41.0 Å². The second-order valence-corrected chi connectivity index (χ2v) is 9.64. The lowest BCUT2D eigenvalue weighted by molar-refractivity contribution is -0.325. The van der Waals surface area contributed by atoms with Crippen LogP contribution in [0.3, 0.4) is 0 Å². The van der Waals surface area contributed by atoms with Gasteiger partial charge < -0.3 is 19.2 Å². The lowest BCUT2D eigenvalue weighted by Gasteiger charge is -2.38. The zero-order chi connectivity index (χ0) is 29.9. The second kappa shape index (κ2) is 11.9. The van der Waals surface area contributed by atoms with Crippen molar-refractivity contribution in [3.8, 4) is 6.08 Å². The van der Waals surface area contributed by atoms with Gasteiger partial charge in [0.2, 0.25) is 5.89 Å². The monoisotopic (exact) mass is 586 g/mol. The summed E-state index contributed by atoms with van der Waals surface area (Å²) >= 11 is 0. The van der Waals surface area contributed by atoms with Gasteiger partial charge >= 0.3 is 24.7 Å². The van der Waals surface area contributed by atoms with Crippen molar-refractivity contribution in [1.82, 2.24) is 20.4 Å². The molecule has 0 aliphatic carbocycles. The lowest BCUT2D eigenvalue weighted by Crippen LogP contribution is -2.52. The number of aromatic nitrogens is 2. The Balaban J connectivity index is 1.71. The van der Waals surface area contributed by atoms with E-state index in [1.54, 1.807) is 20.8 Å². The highest BCUT2D eigenvalue weighted by molar-refractivity contribution is 5.94. The molecule has 17 heteroatoms. The van der Waals surface area contributed by atoms with Gasteiger partial charge in [0.15, 0.2) is 0 Å². The van der Waals surface area contributed by atoms with Gasteiger partial charge in [-0.2, -0.15) is 13.2 Å². The zero-order valence-corrected chi connectivity index (χ0v) is 21.4. The third-order valence-electron chi connectivity index (χ3n) is 5.36. The number of hydrogen-bond donors (Lipinski definition) is 1. The van der Waals surface area contributed by atoms with Gasteiger partial charge in [0, 0.05) is 18.2 Å². The molecule has 3 rings (SSSR count). The summed E-state index contributed by atoms with van der Waals surface area (Å²) in [5.41, 5.74) is -2.79. The van der Waals surface area contributed by atoms with Crippen LogP contribution in [0.15, 0.2) is 22.6 Å². The van der Waals surface area contributed by atoms with Crippen LogP contribution in [0.2, 0.25) is 0 Å². The van der Waals surface area contributed by atoms with Crippen LogP contribution in [0.1, 0.15) is 61.5 Å². The molecule has 1 aromatic heterocycles. The van der Waals surface area contributed by atoms with Gasteiger partial charge in [0.05, 0.1) is 12.2 Å². The number of halogens is 7. The van der Waals surface area contributed by atoms with E-state index < -0.39 is 72.9 Å². The highest BCUT2D eigenvalue weighted by atomic mass is 19.4. The van der Waals surface area contributed by atoms with Crippen molar-refractivity contribution in [2.75, 3.05) is 19.8 Å². The average molecular weight is 586 g/mol. The van der Waals surface area contributed by atoms with E-state index in [4.69, 9.17) is 13.9 Å². The Morgan fingerprint density at radius 2 is 1.77 bits per heavy atom. The third kappa shape index (κ3) is 8.69. The molecule has 222 valence electrons. The van der Waals surface area contributed by atoms with Gasteiger partial charge in [-0.05, 0) is 51.8 Å². The van der Waals surface area contributed by atoms with Crippen molar-refractivity contribution in [3.63, 3.8) is 0 Å². The summed E-state index contributed by atoms with van der Waals surface area (Å²) < 4.78 is 108. The van der Waals surface area contributed by atoms with Crippen molar-refractivity contribution >= 4 is 12.0 Å². The molecule has 0 unspecified atom stereocenters. The van der Waals surface area contributed by atoms with Crippen LogP contribution in [0, 0.1) is 5.82 Å². The lowest BCUT2D eigenvalue weighted by atomic mass is 9.98. The first kappa shape index (κ1) is 30.9. The Morgan fingerprint density at radius 3 is 2.38 bits per heavy atom. The van der Waals surface area contributed by atoms with E-state index in [-0.39, 0.29) is 30.8 Å². The van der Waals surface area contributed by atoms with Gasteiger partial charge in [0.1, 0.15) is 24.1 Å². The van der Waals surface area contributed by atoms with E-state index in [9.17, 15) is 40.3 Å². The van der Waals surface area contributed by atoms with Gasteiger partial charge in [-0.15, -0.1) is 18.3 Å². The number of benzene rings is 1. The highest BCUT2D eigenvalue weighted by Crippen LogP contribution is 2.34. The molecule has 1 saturated heterocycles. The van der Waals surface area contributed by atoms with Gasteiger partial charge in [-0.1, -0.05) is 5.10 Å². The molecule has 0 saturated carbocycles. The van der Waals surface area contributed by atoms with Crippen LogP contribution < -0.4 is 10.1 Å². The molecule has 1 aliphatic heterocycles. The largest absolute Gasteiger partial charge is 0.522 e. The molecule has 0 radical (unpaired) electrons. The van der Waals surface area contributed by atoms with Crippen molar-refractivity contribution in [1.29, 1.82) is 0 Å². The third-order valence-corrected chi connectivity index (χ3v) is 5.36. The standard InChI is InChI=1S/C23H25F7N4O6/c1-21(2,3)40-20(36)34-11-13(31-17(35)12-4-6-14(15(24)10-12)22(25,26)27)5-7-16(34)18-32-33-19(39-18)37-8-9-38-23(28,29)30/h4,6,10,13,16H,5,7-9,11H2,1-3H3,(H,31,35)/t13-,16+/m0/s1. The molecule has 0 bridgehead atoms. The van der Waals surface area contributed by atoms with E-state index in [1.165, 1.54) is 4.90 Å². The van der Waals surface area contributed by atoms with Gasteiger partial charge in [-0.3, -0.25) is 14.4 Å². The van der Waals surface area contributed by atoms with E-state index in [1.807, 2.05) is 0 Å². The smallest absolute Gasteiger partial charge is 0.447 e. The van der Waals surface area contributed by atoms with Crippen molar-refractivity contribution in [2.45, 2.75) is 63.8 Å². The van der Waals surface area contributed by atoms with Crippen molar-refractivity contribution < 1.29 is 58.9 Å². The molecule has 0 spiro atoms. The molecule has 2 heterocycles. The van der Waals surface area contributed by atoms with Crippen LogP contribution in [-0.4, -0.2) is 64.9 Å². The number of amides is 2. The number of carbonyl (C=O) groups excluding carboxylic acids is 2. The minimum Gasteiger partial charge on any atom is -0.447 e. The summed E-state index contributed by atoms with van der Waals surface area (Å²) in [6, 6.07) is 0.161. The Morgan fingerprint density at radius 1 is 1.07 bits per heavy atom. The van der Waals surface area contributed by atoms with Gasteiger partial charge in [0.25, 0.3) is 5.91 Å². The first-order chi connectivity index (χ1) is 18.4. The number of nitrogens with zero attached hydrogens (tertiary/aromatic N) is 3. The fourth-order valence-corrected chi connectivity index (χ4v) is 3.72. The maximum absolute atomic E-state index is 13.9. The average Bonchev–Trinajstić information content (AvgIpc) is 3.28. The molecule has 1 N–H and O–H groups in total. The Labute approximate surface area is 222 Å². The molecule has 10 nitrogen and oxygen atoms in total. The molecule has 1 aliphatic rings. The van der Waals surface area contributed by atoms with Crippen LogP contribution >= 0.6 is 0 Å². The molecule has 2 aromatic rings. The van der Waals surface area contributed by atoms with Crippen LogP contribution in [0.25, 0.3) is 0 Å². The molecular weight excluding hydrogens is 561 g/mol. The first-order valence-electron chi connectivity index (χ1n) is 11.8. The van der Waals surface area contributed by atoms with Crippen LogP contribution in [0.5, 0.6) is 6.08 Å². The van der Waals surface area contributed by atoms with E-state index in [2.05, 4.69) is 20.3 Å². The zero-order valence-electron chi connectivity index (χ0n) is 21.4. The quantitative estimate of drug-likeness (QED) is 0.356. The molecule has 2 atom stereocenters. The Kier molecular flexibility index (Phi) is 9.16. The fraction of sp³-hybridized carbons (Fsp3) is 0.565. The molecular formula is C23H25F7N4O6. The molecule has 2 amide bonds. The molecule has 40 heavy (non-hydrogen) atoms. The summed E-state index contributed by atoms with van der Waals surface area (Å²) in [5, 5.41) is 9.94. The maximum atomic E-state index is 13.9. The number of nitrogens with one attached hydrogen (secondary N) is 1. The normalized spacial score (nSPS) is 18.4. The van der Waals surface area contributed by atoms with Crippen LogP contribution in [0.4, 0.5) is 35.5 Å². The summed E-state index contributed by atoms with van der Waals surface area (Å²) in [6.07, 6.45) is -10.7. The minimum atomic E-state index is -4.93. The molecule has 1 aromatic carbocycles.